The van der Waals surface area contributed by atoms with Crippen LogP contribution < -0.4 is 0 Å². The summed E-state index contributed by atoms with van der Waals surface area (Å²) in [4.78, 5) is 4.28. The zero-order valence-electron chi connectivity index (χ0n) is 14.9. The number of aromatic nitrogens is 1. The monoisotopic (exact) mass is 333 g/mol. The minimum absolute atomic E-state index is 0.103. The average Bonchev–Trinajstić information content (AvgIpc) is 2.94. The fourth-order valence-corrected chi connectivity index (χ4v) is 3.40. The Morgan fingerprint density at radius 3 is 2.71 bits per heavy atom. The first kappa shape index (κ1) is 17.5. The zero-order chi connectivity index (χ0) is 17.3. The maximum atomic E-state index is 6.09. The van der Waals surface area contributed by atoms with Crippen LogP contribution in [0.2, 0.25) is 0 Å². The van der Waals surface area contributed by atoms with Gasteiger partial charge in [0, 0.05) is 13.1 Å². The van der Waals surface area contributed by atoms with E-state index in [0.29, 0.717) is 18.4 Å². The summed E-state index contributed by atoms with van der Waals surface area (Å²) in [6.07, 6.45) is 4.18. The number of nitrogens with zero attached hydrogens (tertiary/aromatic N) is 1. The molecule has 132 valence electrons. The molecule has 0 aliphatic carbocycles. The fourth-order valence-electron chi connectivity index (χ4n) is 3.40. The third-order valence-electron chi connectivity index (χ3n) is 5.15. The molecule has 1 aromatic heterocycles. The molecule has 0 amide bonds. The Morgan fingerprint density at radius 2 is 2.08 bits per heavy atom. The number of ether oxygens (including phenoxy) is 4. The Kier molecular flexibility index (Phi) is 5.06. The van der Waals surface area contributed by atoms with Gasteiger partial charge in [-0.1, -0.05) is 33.4 Å². The minimum Gasteiger partial charge on any atom is -0.346 e. The second-order valence-corrected chi connectivity index (χ2v) is 6.82. The van der Waals surface area contributed by atoms with Gasteiger partial charge in [0.25, 0.3) is 5.97 Å². The van der Waals surface area contributed by atoms with Gasteiger partial charge in [0.1, 0.15) is 6.10 Å². The van der Waals surface area contributed by atoms with Gasteiger partial charge in [-0.25, -0.2) is 0 Å². The Morgan fingerprint density at radius 1 is 1.29 bits per heavy atom. The third-order valence-corrected chi connectivity index (χ3v) is 5.15. The summed E-state index contributed by atoms with van der Waals surface area (Å²) < 4.78 is 24.0. The molecule has 0 spiro atoms. The van der Waals surface area contributed by atoms with E-state index in [2.05, 4.69) is 32.3 Å². The van der Waals surface area contributed by atoms with E-state index in [4.69, 9.17) is 18.9 Å². The molecule has 2 fully saturated rings. The topological polar surface area (TPSA) is 49.8 Å². The molecule has 2 aliphatic rings. The highest BCUT2D eigenvalue weighted by Gasteiger charge is 2.53. The van der Waals surface area contributed by atoms with Crippen LogP contribution in [0.5, 0.6) is 0 Å². The Balaban J connectivity index is 1.63. The van der Waals surface area contributed by atoms with Gasteiger partial charge in [0.2, 0.25) is 0 Å². The highest BCUT2D eigenvalue weighted by Crippen LogP contribution is 2.42. The Hall–Kier alpha value is -1.27. The standard InChI is InChI=1S/C19H27NO4/c1-6-15-9-8-14(10-20-15)11-21-19(5)23-17-13(4)12(3)16(7-2)22-18(17)24-19/h6,8-10,12-13,16-18H,1,7,11H2,2-5H3/t12-,13-,16?,17?,18-,19?/m0/s1. The first-order valence-electron chi connectivity index (χ1n) is 8.68. The second kappa shape index (κ2) is 6.92. The van der Waals surface area contributed by atoms with Crippen molar-refractivity contribution in [1.29, 1.82) is 0 Å². The quantitative estimate of drug-likeness (QED) is 0.821. The van der Waals surface area contributed by atoms with E-state index in [9.17, 15) is 0 Å². The molecule has 3 rings (SSSR count). The lowest BCUT2D eigenvalue weighted by atomic mass is 9.83. The molecule has 2 saturated heterocycles. The van der Waals surface area contributed by atoms with Crippen molar-refractivity contribution < 1.29 is 18.9 Å². The average molecular weight is 333 g/mol. The number of hydrogen-bond acceptors (Lipinski definition) is 5. The number of rotatable bonds is 5. The summed E-state index contributed by atoms with van der Waals surface area (Å²) in [6, 6.07) is 3.87. The van der Waals surface area contributed by atoms with Gasteiger partial charge in [0.05, 0.1) is 18.4 Å². The zero-order valence-corrected chi connectivity index (χ0v) is 14.9. The molecule has 0 saturated carbocycles. The number of pyridine rings is 1. The van der Waals surface area contributed by atoms with Gasteiger partial charge in [-0.05, 0) is 36.0 Å². The molecule has 24 heavy (non-hydrogen) atoms. The summed E-state index contributed by atoms with van der Waals surface area (Å²) in [5, 5.41) is 0. The Bertz CT molecular complexity index is 575. The van der Waals surface area contributed by atoms with E-state index in [0.717, 1.165) is 17.7 Å². The maximum Gasteiger partial charge on any atom is 0.282 e. The number of hydrogen-bond donors (Lipinski definition) is 0. The van der Waals surface area contributed by atoms with Crippen molar-refractivity contribution in [3.05, 3.63) is 36.2 Å². The maximum absolute atomic E-state index is 6.09. The van der Waals surface area contributed by atoms with E-state index >= 15 is 0 Å². The van der Waals surface area contributed by atoms with Crippen molar-refractivity contribution >= 4 is 6.08 Å². The van der Waals surface area contributed by atoms with Crippen molar-refractivity contribution in [3.8, 4) is 0 Å². The SMILES string of the molecule is C=Cc1ccc(COC2(C)OC3[C@@H](OC(CC)[C@@H](C)[C@@H]3C)O2)cn1. The van der Waals surface area contributed by atoms with Crippen LogP contribution in [-0.2, 0) is 25.6 Å². The molecule has 0 radical (unpaired) electrons. The van der Waals surface area contributed by atoms with Crippen molar-refractivity contribution in [2.45, 2.75) is 65.2 Å². The Labute approximate surface area is 144 Å². The predicted molar refractivity (Wildman–Crippen MR) is 90.8 cm³/mol. The minimum atomic E-state index is -1.09. The van der Waals surface area contributed by atoms with Crippen molar-refractivity contribution in [2.24, 2.45) is 11.8 Å². The number of fused-ring (bicyclic) bond motifs is 1. The first-order valence-corrected chi connectivity index (χ1v) is 8.68. The van der Waals surface area contributed by atoms with Gasteiger partial charge in [-0.15, -0.1) is 0 Å². The smallest absolute Gasteiger partial charge is 0.282 e. The van der Waals surface area contributed by atoms with Gasteiger partial charge in [-0.3, -0.25) is 9.72 Å². The van der Waals surface area contributed by atoms with Crippen LogP contribution in [0.15, 0.2) is 24.9 Å². The van der Waals surface area contributed by atoms with Gasteiger partial charge in [-0.2, -0.15) is 0 Å². The molecule has 6 atom stereocenters. The van der Waals surface area contributed by atoms with E-state index in [1.54, 1.807) is 19.2 Å². The van der Waals surface area contributed by atoms with E-state index in [1.165, 1.54) is 0 Å². The summed E-state index contributed by atoms with van der Waals surface area (Å²) in [5.41, 5.74) is 1.80. The molecule has 2 aliphatic heterocycles. The largest absolute Gasteiger partial charge is 0.346 e. The summed E-state index contributed by atoms with van der Waals surface area (Å²) in [7, 11) is 0. The lowest BCUT2D eigenvalue weighted by Crippen LogP contribution is -2.47. The molecule has 0 bridgehead atoms. The van der Waals surface area contributed by atoms with Gasteiger partial charge in [0.15, 0.2) is 6.29 Å². The molecule has 5 nitrogen and oxygen atoms in total. The van der Waals surface area contributed by atoms with E-state index < -0.39 is 5.97 Å². The van der Waals surface area contributed by atoms with Gasteiger partial charge >= 0.3 is 0 Å². The molecular formula is C19H27NO4. The van der Waals surface area contributed by atoms with Crippen LogP contribution >= 0.6 is 0 Å². The van der Waals surface area contributed by atoms with Crippen molar-refractivity contribution in [1.82, 2.24) is 4.98 Å². The molecule has 0 aromatic carbocycles. The summed E-state index contributed by atoms with van der Waals surface area (Å²) >= 11 is 0. The molecule has 0 N–H and O–H groups in total. The first-order chi connectivity index (χ1) is 11.5. The van der Waals surface area contributed by atoms with Crippen LogP contribution in [0.3, 0.4) is 0 Å². The summed E-state index contributed by atoms with van der Waals surface area (Å²) in [6.45, 7) is 12.4. The van der Waals surface area contributed by atoms with Crippen LogP contribution in [0.1, 0.15) is 45.4 Å². The van der Waals surface area contributed by atoms with Crippen molar-refractivity contribution in [2.75, 3.05) is 0 Å². The molecule has 3 unspecified atom stereocenters. The molecule has 1 aromatic rings. The highest BCUT2D eigenvalue weighted by molar-refractivity contribution is 5.41. The van der Waals surface area contributed by atoms with E-state index in [-0.39, 0.29) is 18.5 Å². The van der Waals surface area contributed by atoms with Crippen LogP contribution in [-0.4, -0.2) is 29.5 Å². The molecule has 3 heterocycles. The lowest BCUT2D eigenvalue weighted by molar-refractivity contribution is -0.348. The van der Waals surface area contributed by atoms with Crippen molar-refractivity contribution in [3.63, 3.8) is 0 Å². The van der Waals surface area contributed by atoms with Crippen LogP contribution in [0.4, 0.5) is 0 Å². The second-order valence-electron chi connectivity index (χ2n) is 6.82. The van der Waals surface area contributed by atoms with Crippen LogP contribution in [0.25, 0.3) is 6.08 Å². The van der Waals surface area contributed by atoms with E-state index in [1.807, 2.05) is 12.1 Å². The highest BCUT2D eigenvalue weighted by atomic mass is 16.9. The third kappa shape index (κ3) is 3.40. The lowest BCUT2D eigenvalue weighted by Gasteiger charge is -2.39. The normalized spacial score (nSPS) is 38.8. The van der Waals surface area contributed by atoms with Crippen LogP contribution in [0, 0.1) is 11.8 Å². The fraction of sp³-hybridized carbons (Fsp3) is 0.632. The molecule has 5 heteroatoms. The molecular weight excluding hydrogens is 306 g/mol. The summed E-state index contributed by atoms with van der Waals surface area (Å²) in [5.74, 6) is -0.311. The predicted octanol–water partition coefficient (Wildman–Crippen LogP) is 3.74. The van der Waals surface area contributed by atoms with Gasteiger partial charge < -0.3 is 14.2 Å².